The van der Waals surface area contributed by atoms with Gasteiger partial charge in [-0.3, -0.25) is 0 Å². The molecule has 53 heavy (non-hydrogen) atoms. The molecule has 0 saturated carbocycles. The maximum absolute atomic E-state index is 2.39. The minimum Gasteiger partial charge on any atom is -0.310 e. The number of rotatable bonds is 8. The Hall–Kier alpha value is -6.64. The molecule has 1 aliphatic rings. The third-order valence-electron chi connectivity index (χ3n) is 10.6. The second kappa shape index (κ2) is 13.5. The van der Waals surface area contributed by atoms with Crippen LogP contribution in [0.4, 0.5) is 34.1 Å². The van der Waals surface area contributed by atoms with Crippen LogP contribution in [-0.4, -0.2) is 0 Å². The molecule has 0 N–H and O–H groups in total. The Kier molecular flexibility index (Phi) is 8.21. The fourth-order valence-corrected chi connectivity index (χ4v) is 7.92. The molecule has 0 aliphatic heterocycles. The molecular formula is C51H40N2. The zero-order valence-corrected chi connectivity index (χ0v) is 30.0. The van der Waals surface area contributed by atoms with Crippen LogP contribution in [0.3, 0.4) is 0 Å². The minimum absolute atomic E-state index is 0.145. The van der Waals surface area contributed by atoms with Crippen molar-refractivity contribution in [2.24, 2.45) is 0 Å². The van der Waals surface area contributed by atoms with Crippen molar-refractivity contribution in [1.29, 1.82) is 0 Å². The third kappa shape index (κ3) is 5.99. The van der Waals surface area contributed by atoms with E-state index in [4.69, 9.17) is 0 Å². The average molecular weight is 681 g/mol. The number of hydrogen-bond acceptors (Lipinski definition) is 2. The molecule has 0 fully saturated rings. The number of nitrogens with zero attached hydrogens (tertiary/aromatic N) is 2. The van der Waals surface area contributed by atoms with Crippen LogP contribution in [0.2, 0.25) is 0 Å². The quantitative estimate of drug-likeness (QED) is 0.147. The van der Waals surface area contributed by atoms with Gasteiger partial charge in [0.15, 0.2) is 0 Å². The standard InChI is InChI=1S/C51H40N2/c1-51(2)48-35-38(29-33-46(48)47-34-32-44(36-49(47)51)52(40-17-6-3-7-18-40)41-19-8-4-9-20-41)26-25-37-27-30-43(31-28-37)53(42-21-10-5-11-22-42)50-24-14-16-39-15-12-13-23-45(39)50/h3-36H,1-2H3/b26-25+. The molecule has 0 amide bonds. The first-order valence-electron chi connectivity index (χ1n) is 18.4. The summed E-state index contributed by atoms with van der Waals surface area (Å²) in [6.07, 6.45) is 4.47. The Morgan fingerprint density at radius 3 is 1.51 bits per heavy atom. The Morgan fingerprint density at radius 1 is 0.377 bits per heavy atom. The van der Waals surface area contributed by atoms with E-state index in [2.05, 4.69) is 230 Å². The van der Waals surface area contributed by atoms with Gasteiger partial charge in [0.1, 0.15) is 0 Å². The third-order valence-corrected chi connectivity index (χ3v) is 10.6. The predicted octanol–water partition coefficient (Wildman–Crippen LogP) is 14.3. The van der Waals surface area contributed by atoms with E-state index in [1.165, 1.54) is 44.3 Å². The second-order valence-electron chi connectivity index (χ2n) is 14.3. The minimum atomic E-state index is -0.145. The molecule has 8 aromatic rings. The molecule has 0 heterocycles. The molecule has 0 radical (unpaired) electrons. The van der Waals surface area contributed by atoms with Gasteiger partial charge in [-0.05, 0) is 105 Å². The van der Waals surface area contributed by atoms with Crippen molar-refractivity contribution >= 4 is 57.0 Å². The lowest BCUT2D eigenvalue weighted by molar-refractivity contribution is 0.660. The van der Waals surface area contributed by atoms with Crippen LogP contribution in [0, 0.1) is 0 Å². The normalized spacial score (nSPS) is 12.8. The largest absolute Gasteiger partial charge is 0.310 e. The summed E-state index contributed by atoms with van der Waals surface area (Å²) in [6, 6.07) is 69.8. The highest BCUT2D eigenvalue weighted by Crippen LogP contribution is 2.51. The van der Waals surface area contributed by atoms with E-state index >= 15 is 0 Å². The van der Waals surface area contributed by atoms with Crippen molar-refractivity contribution in [2.45, 2.75) is 19.3 Å². The number of anilines is 6. The summed E-state index contributed by atoms with van der Waals surface area (Å²) in [7, 11) is 0. The van der Waals surface area contributed by atoms with Gasteiger partial charge in [0.2, 0.25) is 0 Å². The molecule has 0 spiro atoms. The molecular weight excluding hydrogens is 641 g/mol. The van der Waals surface area contributed by atoms with Crippen molar-refractivity contribution in [3.8, 4) is 11.1 Å². The van der Waals surface area contributed by atoms with Crippen molar-refractivity contribution < 1.29 is 0 Å². The molecule has 2 heteroatoms. The highest BCUT2D eigenvalue weighted by Gasteiger charge is 2.36. The van der Waals surface area contributed by atoms with Gasteiger partial charge in [-0.2, -0.15) is 0 Å². The van der Waals surface area contributed by atoms with Gasteiger partial charge in [0.05, 0.1) is 5.69 Å². The molecule has 1 aliphatic carbocycles. The topological polar surface area (TPSA) is 6.48 Å². The second-order valence-corrected chi connectivity index (χ2v) is 14.3. The van der Waals surface area contributed by atoms with Crippen LogP contribution < -0.4 is 9.80 Å². The van der Waals surface area contributed by atoms with E-state index in [0.29, 0.717) is 0 Å². The fourth-order valence-electron chi connectivity index (χ4n) is 7.92. The molecule has 8 aromatic carbocycles. The van der Waals surface area contributed by atoms with E-state index in [1.54, 1.807) is 0 Å². The molecule has 0 saturated heterocycles. The zero-order chi connectivity index (χ0) is 35.8. The maximum Gasteiger partial charge on any atom is 0.0540 e. The zero-order valence-electron chi connectivity index (χ0n) is 30.0. The molecule has 0 unspecified atom stereocenters. The number of hydrogen-bond donors (Lipinski definition) is 0. The van der Waals surface area contributed by atoms with Gasteiger partial charge in [-0.25, -0.2) is 0 Å². The maximum atomic E-state index is 2.39. The summed E-state index contributed by atoms with van der Waals surface area (Å²) >= 11 is 0. The Labute approximate surface area is 312 Å². The summed E-state index contributed by atoms with van der Waals surface area (Å²) in [6.45, 7) is 4.72. The number of fused-ring (bicyclic) bond motifs is 4. The van der Waals surface area contributed by atoms with Crippen molar-refractivity contribution in [3.05, 3.63) is 216 Å². The number of para-hydroxylation sites is 3. The van der Waals surface area contributed by atoms with E-state index in [0.717, 1.165) is 34.0 Å². The first-order valence-corrected chi connectivity index (χ1v) is 18.4. The van der Waals surface area contributed by atoms with Crippen molar-refractivity contribution in [2.75, 3.05) is 9.80 Å². The fraction of sp³-hybridized carbons (Fsp3) is 0.0588. The van der Waals surface area contributed by atoms with Crippen LogP contribution in [-0.2, 0) is 5.41 Å². The van der Waals surface area contributed by atoms with E-state index in [-0.39, 0.29) is 5.41 Å². The van der Waals surface area contributed by atoms with Gasteiger partial charge in [0, 0.05) is 39.2 Å². The van der Waals surface area contributed by atoms with Gasteiger partial charge in [0.25, 0.3) is 0 Å². The Bertz CT molecular complexity index is 2520. The van der Waals surface area contributed by atoms with E-state index < -0.39 is 0 Å². The summed E-state index contributed by atoms with van der Waals surface area (Å²) in [5, 5.41) is 2.46. The average Bonchev–Trinajstić information content (AvgIpc) is 3.44. The van der Waals surface area contributed by atoms with Gasteiger partial charge in [-0.15, -0.1) is 0 Å². The molecule has 2 nitrogen and oxygen atoms in total. The highest BCUT2D eigenvalue weighted by atomic mass is 15.1. The summed E-state index contributed by atoms with van der Waals surface area (Å²) in [4.78, 5) is 4.69. The summed E-state index contributed by atoms with van der Waals surface area (Å²) < 4.78 is 0. The van der Waals surface area contributed by atoms with Crippen molar-refractivity contribution in [1.82, 2.24) is 0 Å². The Balaban J connectivity index is 1.01. The smallest absolute Gasteiger partial charge is 0.0540 e. The molecule has 0 bridgehead atoms. The summed E-state index contributed by atoms with van der Waals surface area (Å²) in [5.41, 5.74) is 14.4. The molecule has 0 atom stereocenters. The lowest BCUT2D eigenvalue weighted by atomic mass is 9.81. The van der Waals surface area contributed by atoms with Gasteiger partial charge < -0.3 is 9.80 Å². The number of benzene rings is 8. The Morgan fingerprint density at radius 2 is 0.849 bits per heavy atom. The van der Waals surface area contributed by atoms with Crippen LogP contribution in [0.15, 0.2) is 194 Å². The molecule has 9 rings (SSSR count). The SMILES string of the molecule is CC1(C)c2cc(/C=C/c3ccc(N(c4ccccc4)c4cccc5ccccc45)cc3)ccc2-c2ccc(N(c3ccccc3)c3ccccc3)cc21. The van der Waals surface area contributed by atoms with Gasteiger partial charge in [-0.1, -0.05) is 153 Å². The van der Waals surface area contributed by atoms with Crippen LogP contribution >= 0.6 is 0 Å². The van der Waals surface area contributed by atoms with E-state index in [9.17, 15) is 0 Å². The van der Waals surface area contributed by atoms with Crippen LogP contribution in [0.1, 0.15) is 36.1 Å². The predicted molar refractivity (Wildman–Crippen MR) is 226 cm³/mol. The van der Waals surface area contributed by atoms with E-state index in [1.807, 2.05) is 0 Å². The molecule has 254 valence electrons. The van der Waals surface area contributed by atoms with Crippen LogP contribution in [0.5, 0.6) is 0 Å². The van der Waals surface area contributed by atoms with Crippen molar-refractivity contribution in [3.63, 3.8) is 0 Å². The lowest BCUT2D eigenvalue weighted by Gasteiger charge is -2.28. The van der Waals surface area contributed by atoms with Crippen LogP contribution in [0.25, 0.3) is 34.1 Å². The summed E-state index contributed by atoms with van der Waals surface area (Å²) in [5.74, 6) is 0. The molecule has 0 aromatic heterocycles. The lowest BCUT2D eigenvalue weighted by Crippen LogP contribution is -2.16. The van der Waals surface area contributed by atoms with Gasteiger partial charge >= 0.3 is 0 Å². The highest BCUT2D eigenvalue weighted by molar-refractivity contribution is 5.99. The first kappa shape index (κ1) is 32.3. The first-order chi connectivity index (χ1) is 26.0. The monoisotopic (exact) mass is 680 g/mol.